The van der Waals surface area contributed by atoms with E-state index < -0.39 is 14.5 Å². The molecule has 6 aliphatic rings. The Morgan fingerprint density at radius 1 is 0.333 bits per heavy atom. The fourth-order valence-corrected chi connectivity index (χ4v) is 34.7. The van der Waals surface area contributed by atoms with Gasteiger partial charge in [0, 0.05) is 5.56 Å². The summed E-state index contributed by atoms with van der Waals surface area (Å²) in [5.74, 6) is 0. The molecule has 6 fully saturated rings. The van der Waals surface area contributed by atoms with Gasteiger partial charge in [-0.05, 0) is 154 Å². The third-order valence-electron chi connectivity index (χ3n) is 15.2. The minimum Gasteiger partial charge on any atom is -1.00 e. The van der Waals surface area contributed by atoms with Crippen LogP contribution in [-0.4, -0.2) is 34.0 Å². The topological polar surface area (TPSA) is 0 Å². The Hall–Kier alpha value is 1.28. The summed E-state index contributed by atoms with van der Waals surface area (Å²) in [6, 6.07) is 13.1. The molecule has 0 saturated heterocycles. The summed E-state index contributed by atoms with van der Waals surface area (Å²) >= 11 is 0. The van der Waals surface area contributed by atoms with Crippen molar-refractivity contribution >= 4 is 14.5 Å². The second-order valence-corrected chi connectivity index (χ2v) is 26.7. The summed E-state index contributed by atoms with van der Waals surface area (Å²) < 4.78 is 0. The molecule has 0 amide bonds. The maximum Gasteiger partial charge on any atom is 2.00 e. The van der Waals surface area contributed by atoms with Crippen LogP contribution < -0.4 is 24.8 Å². The molecule has 0 radical (unpaired) electrons. The van der Waals surface area contributed by atoms with Gasteiger partial charge in [0.05, 0.1) is 48.5 Å². The van der Waals surface area contributed by atoms with Crippen molar-refractivity contribution in [3.05, 3.63) is 35.9 Å². The third kappa shape index (κ3) is 8.48. The van der Waals surface area contributed by atoms with Crippen molar-refractivity contribution in [3.8, 4) is 0 Å². The quantitative estimate of drug-likeness (QED) is 0.173. The van der Waals surface area contributed by atoms with Crippen molar-refractivity contribution < 1.29 is 44.3 Å². The van der Waals surface area contributed by atoms with Crippen molar-refractivity contribution in [2.24, 2.45) is 0 Å². The monoisotopic (exact) mass is 822 g/mol. The van der Waals surface area contributed by atoms with Crippen LogP contribution in [-0.2, 0) is 19.5 Å². The van der Waals surface area contributed by atoms with E-state index in [0.29, 0.717) is 0 Å². The molecule has 0 N–H and O–H groups in total. The smallest absolute Gasteiger partial charge is 1.00 e. The van der Waals surface area contributed by atoms with Crippen molar-refractivity contribution in [1.82, 2.24) is 0 Å². The predicted octanol–water partition coefficient (Wildman–Crippen LogP) is 8.72. The van der Waals surface area contributed by atoms with Crippen molar-refractivity contribution in [1.29, 1.82) is 0 Å². The van der Waals surface area contributed by atoms with Crippen LogP contribution in [0.25, 0.3) is 0 Å². The third-order valence-corrected chi connectivity index (χ3v) is 30.6. The fourth-order valence-electron chi connectivity index (χ4n) is 13.6. The first kappa shape index (κ1) is 42.0. The molecule has 48 heavy (non-hydrogen) atoms. The molecule has 1 aromatic carbocycles. The van der Waals surface area contributed by atoms with Gasteiger partial charge < -0.3 is 24.8 Å². The Morgan fingerprint density at radius 3 is 0.750 bits per heavy atom. The minimum atomic E-state index is -1.33. The standard InChI is InChI=1S/C43H72P2.2ClH.Ru/c1-8-22-36(23-9-1)43(44(37-24-10-2-11-25-37,38-26-12-3-13-27-38)39-28-14-4-15-29-39)45(40-30-16-5-17-31-40,41-32-18-6-19-33-41)42-34-20-7-21-35-42;;;/h1,8-9,22-23,37-43H,2-7,10-21,24-35H2;2*1H;/q+2;;;+2/p-2. The number of halogens is 2. The Labute approximate surface area is 324 Å². The van der Waals surface area contributed by atoms with Gasteiger partial charge in [0.2, 0.25) is 0 Å². The molecule has 0 atom stereocenters. The molecule has 0 nitrogen and oxygen atoms in total. The summed E-state index contributed by atoms with van der Waals surface area (Å²) in [6.07, 6.45) is 47.6. The Bertz CT molecular complexity index is 848. The van der Waals surface area contributed by atoms with Crippen LogP contribution in [0.5, 0.6) is 0 Å². The van der Waals surface area contributed by atoms with E-state index in [1.165, 1.54) is 38.5 Å². The first-order chi connectivity index (χ1) is 22.4. The molecule has 6 aliphatic carbocycles. The fraction of sp³-hybridized carbons (Fsp3) is 0.860. The molecule has 274 valence electrons. The zero-order chi connectivity index (χ0) is 30.4. The summed E-state index contributed by atoms with van der Waals surface area (Å²) in [5.41, 5.74) is 8.62. The van der Waals surface area contributed by atoms with E-state index in [0.717, 1.165) is 39.4 Å². The average molecular weight is 823 g/mol. The molecular formula is C43H72Cl2P2Ru+2. The predicted molar refractivity (Wildman–Crippen MR) is 204 cm³/mol. The summed E-state index contributed by atoms with van der Waals surface area (Å²) in [6.45, 7) is 0. The molecule has 0 heterocycles. The molecular weight excluding hydrogens is 750 g/mol. The number of hydrogen-bond donors (Lipinski definition) is 0. The van der Waals surface area contributed by atoms with E-state index in [4.69, 9.17) is 0 Å². The summed E-state index contributed by atoms with van der Waals surface area (Å²) in [7, 11) is -2.65. The van der Waals surface area contributed by atoms with Crippen LogP contribution in [0, 0.1) is 0 Å². The van der Waals surface area contributed by atoms with E-state index in [1.807, 2.05) is 5.56 Å². The second kappa shape index (κ2) is 20.7. The molecule has 7 rings (SSSR count). The first-order valence-electron chi connectivity index (χ1n) is 21.2. The van der Waals surface area contributed by atoms with Gasteiger partial charge in [-0.3, -0.25) is 0 Å². The molecule has 5 heteroatoms. The van der Waals surface area contributed by atoms with Gasteiger partial charge in [-0.25, -0.2) is 0 Å². The van der Waals surface area contributed by atoms with Crippen LogP contribution >= 0.6 is 14.5 Å². The zero-order valence-electron chi connectivity index (χ0n) is 30.6. The van der Waals surface area contributed by atoms with Gasteiger partial charge >= 0.3 is 19.5 Å². The molecule has 6 saturated carbocycles. The zero-order valence-corrected chi connectivity index (χ0v) is 35.7. The van der Waals surface area contributed by atoms with Crippen LogP contribution in [0.4, 0.5) is 0 Å². The molecule has 0 unspecified atom stereocenters. The minimum absolute atomic E-state index is 0. The number of hydrogen-bond acceptors (Lipinski definition) is 0. The van der Waals surface area contributed by atoms with E-state index in [-0.39, 0.29) is 44.3 Å². The van der Waals surface area contributed by atoms with Crippen molar-refractivity contribution in [3.63, 3.8) is 0 Å². The summed E-state index contributed by atoms with van der Waals surface area (Å²) in [5, 5.41) is 1.02. The van der Waals surface area contributed by atoms with E-state index in [9.17, 15) is 0 Å². The van der Waals surface area contributed by atoms with Gasteiger partial charge in [-0.15, -0.1) is 0 Å². The maximum atomic E-state index is 2.80. The van der Waals surface area contributed by atoms with E-state index >= 15 is 0 Å². The maximum absolute atomic E-state index is 2.80. The van der Waals surface area contributed by atoms with Gasteiger partial charge in [0.1, 0.15) is 0 Å². The second-order valence-electron chi connectivity index (χ2n) is 17.3. The SMILES string of the molecule is [Cl-].[Cl-].[Ru+2].c1ccc(C([P+](C2CCCCC2)(C2CCCCC2)C2CCCCC2)[P+](C2CCCCC2)(C2CCCCC2)C2CCCCC2)cc1. The molecule has 1 aromatic rings. The Kier molecular flexibility index (Phi) is 18.1. The van der Waals surface area contributed by atoms with Crippen LogP contribution in [0.2, 0.25) is 0 Å². The Balaban J connectivity index is 0.00000173. The normalized spacial score (nSPS) is 25.5. The molecule has 0 spiro atoms. The molecule has 0 aromatic heterocycles. The van der Waals surface area contributed by atoms with Crippen LogP contribution in [0.3, 0.4) is 0 Å². The number of rotatable bonds is 9. The van der Waals surface area contributed by atoms with Gasteiger partial charge in [-0.2, -0.15) is 0 Å². The van der Waals surface area contributed by atoms with Crippen molar-refractivity contribution in [2.75, 3.05) is 0 Å². The van der Waals surface area contributed by atoms with E-state index in [1.54, 1.807) is 154 Å². The van der Waals surface area contributed by atoms with E-state index in [2.05, 4.69) is 30.3 Å². The van der Waals surface area contributed by atoms with Gasteiger partial charge in [-0.1, -0.05) is 68.9 Å². The van der Waals surface area contributed by atoms with Gasteiger partial charge in [0.25, 0.3) is 0 Å². The van der Waals surface area contributed by atoms with Crippen LogP contribution in [0.1, 0.15) is 204 Å². The number of benzene rings is 1. The largest absolute Gasteiger partial charge is 2.00 e. The molecule has 0 aliphatic heterocycles. The van der Waals surface area contributed by atoms with Gasteiger partial charge in [0.15, 0.2) is 5.40 Å². The first-order valence-corrected chi connectivity index (χ1v) is 25.3. The molecule has 0 bridgehead atoms. The van der Waals surface area contributed by atoms with Crippen LogP contribution in [0.15, 0.2) is 30.3 Å². The average Bonchev–Trinajstić information content (AvgIpc) is 3.14. The van der Waals surface area contributed by atoms with Crippen molar-refractivity contribution in [2.45, 2.75) is 232 Å². The summed E-state index contributed by atoms with van der Waals surface area (Å²) in [4.78, 5) is 0. The Morgan fingerprint density at radius 2 is 0.542 bits per heavy atom.